The third-order valence-corrected chi connectivity index (χ3v) is 19.3. The molecule has 4 heterocycles. The molecule has 124 heavy (non-hydrogen) atoms. The first-order valence-electron chi connectivity index (χ1n) is 37.1. The number of benzene rings is 10. The number of esters is 3. The average Bonchev–Trinajstić information content (AvgIpc) is 1.55. The van der Waals surface area contributed by atoms with Gasteiger partial charge in [-0.3, -0.25) is 0 Å². The molecule has 0 aliphatic carbocycles. The maximum atomic E-state index is 12.5. The number of methoxy groups -OCH3 is 2. The van der Waals surface area contributed by atoms with Gasteiger partial charge in [0.05, 0.1) is 47.1 Å². The van der Waals surface area contributed by atoms with Gasteiger partial charge in [-0.1, -0.05) is 180 Å². The van der Waals surface area contributed by atoms with E-state index in [0.717, 1.165) is 60.5 Å². The summed E-state index contributed by atoms with van der Waals surface area (Å²) >= 11 is 51.0. The molecule has 0 atom stereocenters. The van der Waals surface area contributed by atoms with Gasteiger partial charge in [-0.05, 0) is 223 Å². The van der Waals surface area contributed by atoms with Gasteiger partial charge in [0, 0.05) is 44.7 Å². The quantitative estimate of drug-likeness (QED) is 0.0184. The minimum Gasteiger partial charge on any atom is -0.537 e. The van der Waals surface area contributed by atoms with Gasteiger partial charge in [-0.25, -0.2) is 28.5 Å². The molecular weight excluding hydrogens is 1830 g/mol. The SMILES string of the molecule is CCOC(=O)c1n[nH]nc1COc1ccc(-c2cc(Cl)cc(Cl)c2)cc1.CCOC(=O)c1nnn(Cc2ccc(OC)cc2)c1COc1ccc(-c2cc(Cl)cc(Cl)c2)cc1.CCOC(=O)c1nnn(Cc2ccc(OC)cc2)c1COc1ccc(Br)cc1.O=C(O)c1n[nH]nc1COc1ccc(-c2cc(Cl)cc(Cl)c2)cc1.O[B]Oc1cc(Cl)cc(Cl)c1. The van der Waals surface area contributed by atoms with Crippen molar-refractivity contribution in [3.63, 3.8) is 0 Å². The fourth-order valence-electron chi connectivity index (χ4n) is 11.2. The Bertz CT molecular complexity index is 5790. The van der Waals surface area contributed by atoms with Gasteiger partial charge < -0.3 is 57.4 Å². The van der Waals surface area contributed by atoms with Crippen LogP contribution in [0.15, 0.2) is 223 Å². The number of rotatable bonds is 30. The number of nitrogens with one attached hydrogen (secondary N) is 2. The molecule has 0 saturated heterocycles. The summed E-state index contributed by atoms with van der Waals surface area (Å²) in [5.41, 5.74) is 9.44. The van der Waals surface area contributed by atoms with Crippen LogP contribution in [0.5, 0.6) is 40.2 Å². The lowest BCUT2D eigenvalue weighted by molar-refractivity contribution is 0.0506. The monoisotopic (exact) mass is 1900 g/mol. The van der Waals surface area contributed by atoms with E-state index >= 15 is 0 Å². The van der Waals surface area contributed by atoms with E-state index in [1.165, 1.54) is 0 Å². The number of aromatic carboxylic acids is 1. The highest BCUT2D eigenvalue weighted by Gasteiger charge is 2.25. The van der Waals surface area contributed by atoms with Gasteiger partial charge in [0.2, 0.25) is 0 Å². The predicted molar refractivity (Wildman–Crippen MR) is 474 cm³/mol. The van der Waals surface area contributed by atoms with Gasteiger partial charge in [0.15, 0.2) is 22.8 Å². The van der Waals surface area contributed by atoms with Crippen molar-refractivity contribution < 1.29 is 76.6 Å². The fourth-order valence-corrected chi connectivity index (χ4v) is 13.5. The zero-order valence-corrected chi connectivity index (χ0v) is 73.8. The maximum Gasteiger partial charge on any atom is 0.569 e. The molecule has 1 radical (unpaired) electrons. The molecule has 0 saturated carbocycles. The third-order valence-electron chi connectivity index (χ3n) is 17.0. The van der Waals surface area contributed by atoms with Crippen molar-refractivity contribution in [1.29, 1.82) is 0 Å². The summed E-state index contributed by atoms with van der Waals surface area (Å²) in [5, 5.41) is 57.7. The summed E-state index contributed by atoms with van der Waals surface area (Å²) in [6, 6.07) is 65.5. The number of hydrogen-bond donors (Lipinski definition) is 4. The second-order valence-electron chi connectivity index (χ2n) is 25.5. The molecule has 14 aromatic rings. The van der Waals surface area contributed by atoms with Crippen molar-refractivity contribution >= 4 is 140 Å². The summed E-state index contributed by atoms with van der Waals surface area (Å²) in [6.45, 7) is 7.13. The van der Waals surface area contributed by atoms with Crippen molar-refractivity contribution in [1.82, 2.24) is 60.8 Å². The Morgan fingerprint density at radius 1 is 0.371 bits per heavy atom. The Balaban J connectivity index is 0.000000167. The van der Waals surface area contributed by atoms with Crippen LogP contribution in [0.4, 0.5) is 0 Å². The number of nitrogens with zero attached hydrogens (tertiary/aromatic N) is 10. The van der Waals surface area contributed by atoms with E-state index in [0.29, 0.717) is 107 Å². The minimum absolute atomic E-state index is 0.000470. The topological polar surface area (TPSA) is 346 Å². The number of aromatic nitrogens is 12. The predicted octanol–water partition coefficient (Wildman–Crippen LogP) is 20.4. The Hall–Kier alpha value is -11.9. The zero-order valence-electron chi connectivity index (χ0n) is 66.2. The van der Waals surface area contributed by atoms with E-state index in [4.69, 9.17) is 146 Å². The smallest absolute Gasteiger partial charge is 0.537 e. The molecule has 0 fully saturated rings. The summed E-state index contributed by atoms with van der Waals surface area (Å²) in [4.78, 5) is 47.4. The molecule has 0 aliphatic heterocycles. The second-order valence-corrected chi connectivity index (χ2v) is 29.9. The van der Waals surface area contributed by atoms with Gasteiger partial charge in [-0.15, -0.1) is 20.4 Å². The first kappa shape index (κ1) is 94.3. The zero-order chi connectivity index (χ0) is 88.6. The Morgan fingerprint density at radius 3 is 0.992 bits per heavy atom. The van der Waals surface area contributed by atoms with Crippen LogP contribution >= 0.6 is 109 Å². The number of ether oxygens (including phenoxy) is 9. The molecule has 10 aromatic carbocycles. The van der Waals surface area contributed by atoms with Crippen LogP contribution in [0.1, 0.15) is 96.6 Å². The molecule has 38 heteroatoms. The van der Waals surface area contributed by atoms with Crippen LogP contribution in [0.25, 0.3) is 33.4 Å². The molecule has 639 valence electrons. The van der Waals surface area contributed by atoms with Gasteiger partial charge in [-0.2, -0.15) is 20.6 Å². The molecular formula is C86H73BBrCl8N12O16. The van der Waals surface area contributed by atoms with Crippen molar-refractivity contribution in [2.75, 3.05) is 34.0 Å². The lowest BCUT2D eigenvalue weighted by atomic mass is 10.1. The number of carboxylic acid groups (broad SMARTS) is 1. The van der Waals surface area contributed by atoms with Crippen LogP contribution < -0.4 is 33.1 Å². The lowest BCUT2D eigenvalue weighted by Gasteiger charge is -2.11. The highest BCUT2D eigenvalue weighted by Crippen LogP contribution is 2.34. The summed E-state index contributed by atoms with van der Waals surface area (Å²) < 4.78 is 57.5. The van der Waals surface area contributed by atoms with Crippen molar-refractivity contribution in [2.45, 2.75) is 60.3 Å². The van der Waals surface area contributed by atoms with Gasteiger partial charge in [0.25, 0.3) is 0 Å². The fraction of sp³-hybridized carbons (Fsp3) is 0.163. The summed E-state index contributed by atoms with van der Waals surface area (Å²) in [5.74, 6) is 1.68. The molecule has 0 amide bonds. The van der Waals surface area contributed by atoms with E-state index in [-0.39, 0.29) is 74.7 Å². The Morgan fingerprint density at radius 2 is 0.669 bits per heavy atom. The number of halogens is 9. The van der Waals surface area contributed by atoms with Crippen LogP contribution in [0, 0.1) is 0 Å². The number of aromatic amines is 2. The highest BCUT2D eigenvalue weighted by molar-refractivity contribution is 9.10. The summed E-state index contributed by atoms with van der Waals surface area (Å²) in [6.07, 6.45) is 0. The molecule has 0 spiro atoms. The summed E-state index contributed by atoms with van der Waals surface area (Å²) in [7, 11) is 3.81. The minimum atomic E-state index is -1.16. The number of carbonyl (C=O) groups is 4. The maximum absolute atomic E-state index is 12.5. The average molecular weight is 1900 g/mol. The normalized spacial score (nSPS) is 10.5. The standard InChI is InChI=1S/C26H23Cl2N3O4.C20H20BrN3O4.C18H15Cl2N3O3.C16H11Cl2N3O3.C6H4BCl2O2/c1-3-34-26(32)25-24(31(30-29-25)15-17-4-8-22(33-2)9-5-17)16-35-23-10-6-18(7-11-23)19-12-20(27)14-21(28)13-19;1-3-27-20(25)19-18(13-28-17-10-6-15(21)7-11-17)24(23-22-19)12-14-4-8-16(26-2)9-5-14;1-2-25-18(24)17-16(21-23-22-17)10-26-15-5-3-11(4-6-15)12-7-13(19)9-14(20)8-12;17-11-5-10(6-12(18)7-11)9-1-3-13(4-2-9)24-8-14-15(16(22)23)20-21-19-14;8-4-1-5(9)3-6(2-4)11-7-10/h4-14H,3,15-16H2,1-2H3;4-11H,3,12-13H2,1-2H3;3-9H,2,10H2,1H3,(H,21,22,23);1-7H,8H2,(H,22,23)(H,19,20,21);1-3,10H. The molecule has 28 nitrogen and oxygen atoms in total. The van der Waals surface area contributed by atoms with Gasteiger partial charge in [0.1, 0.15) is 89.4 Å². The van der Waals surface area contributed by atoms with E-state index in [1.807, 2.05) is 170 Å². The highest BCUT2D eigenvalue weighted by atomic mass is 79.9. The lowest BCUT2D eigenvalue weighted by Crippen LogP contribution is -2.14. The van der Waals surface area contributed by atoms with Crippen LogP contribution in [0.2, 0.25) is 40.2 Å². The number of H-pyrrole nitrogens is 2. The van der Waals surface area contributed by atoms with Crippen LogP contribution in [-0.2, 0) is 53.7 Å². The first-order chi connectivity index (χ1) is 59.9. The molecule has 14 rings (SSSR count). The molecule has 4 N–H and O–H groups in total. The van der Waals surface area contributed by atoms with E-state index in [2.05, 4.69) is 72.0 Å². The Labute approximate surface area is 759 Å². The molecule has 0 unspecified atom stereocenters. The van der Waals surface area contributed by atoms with Crippen LogP contribution in [-0.4, -0.2) is 137 Å². The Kier molecular flexibility index (Phi) is 36.2. The molecule has 4 aromatic heterocycles. The first-order valence-corrected chi connectivity index (χ1v) is 40.9. The van der Waals surface area contributed by atoms with E-state index in [1.54, 1.807) is 92.9 Å². The van der Waals surface area contributed by atoms with E-state index in [9.17, 15) is 19.2 Å². The largest absolute Gasteiger partial charge is 0.569 e. The van der Waals surface area contributed by atoms with Crippen molar-refractivity contribution in [2.24, 2.45) is 0 Å². The van der Waals surface area contributed by atoms with Crippen LogP contribution in [0.3, 0.4) is 0 Å². The van der Waals surface area contributed by atoms with Gasteiger partial charge >= 0.3 is 31.6 Å². The number of carbonyl (C=O) groups excluding carboxylic acids is 3. The third kappa shape index (κ3) is 28.6. The number of carboxylic acids is 1. The molecule has 0 aliphatic rings. The van der Waals surface area contributed by atoms with Crippen molar-refractivity contribution in [3.05, 3.63) is 320 Å². The number of hydrogen-bond acceptors (Lipinski definition) is 23. The van der Waals surface area contributed by atoms with Crippen molar-refractivity contribution in [3.8, 4) is 73.6 Å². The molecule has 0 bridgehead atoms. The second kappa shape index (κ2) is 47.6. The van der Waals surface area contributed by atoms with E-state index < -0.39 is 23.9 Å².